The molecule has 0 bridgehead atoms. The van der Waals surface area contributed by atoms with Crippen LogP contribution in [0.5, 0.6) is 0 Å². The van der Waals surface area contributed by atoms with Crippen LogP contribution in [0.4, 0.5) is 0 Å². The van der Waals surface area contributed by atoms with Crippen LogP contribution in [0.2, 0.25) is 0 Å². The number of aryl methyl sites for hydroxylation is 2. The summed E-state index contributed by atoms with van der Waals surface area (Å²) in [5.41, 5.74) is 1.36. The number of carbonyl (C=O) groups excluding carboxylic acids is 1. The van der Waals surface area contributed by atoms with Gasteiger partial charge in [0.25, 0.3) is 5.91 Å². The Morgan fingerprint density at radius 2 is 2.32 bits per heavy atom. The van der Waals surface area contributed by atoms with Crippen molar-refractivity contribution in [3.05, 3.63) is 21.4 Å². The van der Waals surface area contributed by atoms with Crippen LogP contribution in [0.15, 0.2) is 6.07 Å². The van der Waals surface area contributed by atoms with E-state index in [9.17, 15) is 4.79 Å². The van der Waals surface area contributed by atoms with E-state index in [1.165, 1.54) is 10.4 Å². The first-order chi connectivity index (χ1) is 9.17. The van der Waals surface area contributed by atoms with Crippen LogP contribution in [0, 0.1) is 0 Å². The summed E-state index contributed by atoms with van der Waals surface area (Å²) in [6, 6.07) is 2.41. The van der Waals surface area contributed by atoms with Crippen LogP contribution in [-0.4, -0.2) is 36.5 Å². The molecule has 106 valence electrons. The highest BCUT2D eigenvalue weighted by Crippen LogP contribution is 2.26. The fourth-order valence-electron chi connectivity index (χ4n) is 2.59. The van der Waals surface area contributed by atoms with Crippen LogP contribution in [0.1, 0.15) is 47.3 Å². The second-order valence-corrected chi connectivity index (χ2v) is 6.35. The van der Waals surface area contributed by atoms with Crippen LogP contribution in [-0.2, 0) is 12.8 Å². The molecule has 0 aromatic carbocycles. The van der Waals surface area contributed by atoms with Crippen molar-refractivity contribution in [1.29, 1.82) is 0 Å². The maximum absolute atomic E-state index is 12.6. The number of rotatable bonds is 4. The van der Waals surface area contributed by atoms with E-state index in [1.54, 1.807) is 11.3 Å². The van der Waals surface area contributed by atoms with Crippen LogP contribution in [0.3, 0.4) is 0 Å². The molecule has 0 saturated carbocycles. The molecule has 1 fully saturated rings. The Hall–Kier alpha value is -0.870. The van der Waals surface area contributed by atoms with Crippen molar-refractivity contribution < 1.29 is 4.79 Å². The zero-order valence-electron chi connectivity index (χ0n) is 12.2. The van der Waals surface area contributed by atoms with Gasteiger partial charge in [0.05, 0.1) is 4.88 Å². The SMILES string of the molecule is CCCc1sc(C(=O)N2CCNC[C@H]2C)cc1CC. The molecule has 4 heteroatoms. The Morgan fingerprint density at radius 1 is 1.53 bits per heavy atom. The summed E-state index contributed by atoms with van der Waals surface area (Å²) < 4.78 is 0. The number of hydrogen-bond acceptors (Lipinski definition) is 3. The first-order valence-corrected chi connectivity index (χ1v) is 8.12. The fourth-order valence-corrected chi connectivity index (χ4v) is 3.91. The van der Waals surface area contributed by atoms with E-state index < -0.39 is 0 Å². The highest BCUT2D eigenvalue weighted by Gasteiger charge is 2.25. The lowest BCUT2D eigenvalue weighted by Crippen LogP contribution is -2.52. The summed E-state index contributed by atoms with van der Waals surface area (Å²) >= 11 is 1.70. The van der Waals surface area contributed by atoms with E-state index in [1.807, 2.05) is 4.90 Å². The lowest BCUT2D eigenvalue weighted by atomic mass is 10.1. The first-order valence-electron chi connectivity index (χ1n) is 7.30. The van der Waals surface area contributed by atoms with Crippen molar-refractivity contribution >= 4 is 17.2 Å². The first kappa shape index (κ1) is 14.5. The van der Waals surface area contributed by atoms with Gasteiger partial charge in [-0.15, -0.1) is 11.3 Å². The van der Waals surface area contributed by atoms with Gasteiger partial charge in [0, 0.05) is 30.6 Å². The summed E-state index contributed by atoms with van der Waals surface area (Å²) in [4.78, 5) is 16.9. The monoisotopic (exact) mass is 280 g/mol. The van der Waals surface area contributed by atoms with Gasteiger partial charge in [-0.3, -0.25) is 4.79 Å². The van der Waals surface area contributed by atoms with Crippen molar-refractivity contribution in [3.63, 3.8) is 0 Å². The normalized spacial score (nSPS) is 19.7. The minimum Gasteiger partial charge on any atom is -0.333 e. The molecule has 2 heterocycles. The molecule has 1 aliphatic rings. The molecule has 1 N–H and O–H groups in total. The van der Waals surface area contributed by atoms with E-state index in [4.69, 9.17) is 0 Å². The molecular weight excluding hydrogens is 256 g/mol. The predicted octanol–water partition coefficient (Wildman–Crippen LogP) is 2.70. The van der Waals surface area contributed by atoms with Crippen molar-refractivity contribution in [3.8, 4) is 0 Å². The Labute approximate surface area is 120 Å². The molecule has 1 aromatic rings. The number of thiophene rings is 1. The molecule has 1 saturated heterocycles. The second kappa shape index (κ2) is 6.53. The van der Waals surface area contributed by atoms with Gasteiger partial charge in [-0.05, 0) is 31.4 Å². The van der Waals surface area contributed by atoms with Crippen LogP contribution in [0.25, 0.3) is 0 Å². The quantitative estimate of drug-likeness (QED) is 0.919. The van der Waals surface area contributed by atoms with E-state index in [0.717, 1.165) is 43.8 Å². The van der Waals surface area contributed by atoms with Gasteiger partial charge in [0.2, 0.25) is 0 Å². The topological polar surface area (TPSA) is 32.3 Å². The number of carbonyl (C=O) groups is 1. The summed E-state index contributed by atoms with van der Waals surface area (Å²) in [6.45, 7) is 9.11. The Morgan fingerprint density at radius 3 is 2.95 bits per heavy atom. The number of hydrogen-bond donors (Lipinski definition) is 1. The van der Waals surface area contributed by atoms with Gasteiger partial charge in [0.15, 0.2) is 0 Å². The molecule has 0 unspecified atom stereocenters. The van der Waals surface area contributed by atoms with Crippen LogP contribution >= 0.6 is 11.3 Å². The second-order valence-electron chi connectivity index (χ2n) is 5.21. The summed E-state index contributed by atoms with van der Waals surface area (Å²) in [5, 5.41) is 3.33. The van der Waals surface area contributed by atoms with Crippen LogP contribution < -0.4 is 5.32 Å². The smallest absolute Gasteiger partial charge is 0.264 e. The number of piperazine rings is 1. The lowest BCUT2D eigenvalue weighted by molar-refractivity contribution is 0.0661. The average molecular weight is 280 g/mol. The largest absolute Gasteiger partial charge is 0.333 e. The van der Waals surface area contributed by atoms with E-state index in [0.29, 0.717) is 6.04 Å². The zero-order chi connectivity index (χ0) is 13.8. The third-order valence-electron chi connectivity index (χ3n) is 3.73. The maximum atomic E-state index is 12.6. The zero-order valence-corrected chi connectivity index (χ0v) is 13.0. The minimum absolute atomic E-state index is 0.219. The van der Waals surface area contributed by atoms with E-state index in [-0.39, 0.29) is 5.91 Å². The van der Waals surface area contributed by atoms with E-state index in [2.05, 4.69) is 32.2 Å². The molecule has 0 aliphatic carbocycles. The lowest BCUT2D eigenvalue weighted by Gasteiger charge is -2.33. The van der Waals surface area contributed by atoms with Gasteiger partial charge in [0.1, 0.15) is 0 Å². The number of nitrogens with one attached hydrogen (secondary N) is 1. The van der Waals surface area contributed by atoms with Crippen molar-refractivity contribution in [2.24, 2.45) is 0 Å². The summed E-state index contributed by atoms with van der Waals surface area (Å²) in [6.07, 6.45) is 3.26. The molecule has 1 aromatic heterocycles. The van der Waals surface area contributed by atoms with Crippen molar-refractivity contribution in [2.75, 3.05) is 19.6 Å². The maximum Gasteiger partial charge on any atom is 0.264 e. The molecule has 1 atom stereocenters. The highest BCUT2D eigenvalue weighted by atomic mass is 32.1. The van der Waals surface area contributed by atoms with Crippen molar-refractivity contribution in [1.82, 2.24) is 10.2 Å². The Balaban J connectivity index is 2.18. The molecule has 3 nitrogen and oxygen atoms in total. The van der Waals surface area contributed by atoms with E-state index >= 15 is 0 Å². The molecule has 2 rings (SSSR count). The molecule has 1 aliphatic heterocycles. The van der Waals surface area contributed by atoms with Gasteiger partial charge in [-0.2, -0.15) is 0 Å². The van der Waals surface area contributed by atoms with Gasteiger partial charge < -0.3 is 10.2 Å². The standard InChI is InChI=1S/C15H24N2OS/c1-4-6-13-12(5-2)9-14(19-13)15(18)17-8-7-16-10-11(17)3/h9,11,16H,4-8,10H2,1-3H3/t11-/m1/s1. The van der Waals surface area contributed by atoms with Gasteiger partial charge in [-0.1, -0.05) is 20.3 Å². The van der Waals surface area contributed by atoms with Gasteiger partial charge in [-0.25, -0.2) is 0 Å². The Kier molecular flexibility index (Phi) is 4.99. The third kappa shape index (κ3) is 3.18. The van der Waals surface area contributed by atoms with Gasteiger partial charge >= 0.3 is 0 Å². The minimum atomic E-state index is 0.219. The number of nitrogens with zero attached hydrogens (tertiary/aromatic N) is 1. The molecule has 0 radical (unpaired) electrons. The summed E-state index contributed by atoms with van der Waals surface area (Å²) in [5.74, 6) is 0.219. The molecular formula is C15H24N2OS. The molecule has 1 amide bonds. The predicted molar refractivity (Wildman–Crippen MR) is 81.1 cm³/mol. The highest BCUT2D eigenvalue weighted by molar-refractivity contribution is 7.14. The average Bonchev–Trinajstić information content (AvgIpc) is 2.82. The van der Waals surface area contributed by atoms with Crippen molar-refractivity contribution in [2.45, 2.75) is 46.1 Å². The third-order valence-corrected chi connectivity index (χ3v) is 4.95. The Bertz CT molecular complexity index is 441. The molecule has 0 spiro atoms. The fraction of sp³-hybridized carbons (Fsp3) is 0.667. The summed E-state index contributed by atoms with van der Waals surface area (Å²) in [7, 11) is 0. The molecule has 19 heavy (non-hydrogen) atoms. The number of amides is 1.